The largest absolute Gasteiger partial charge is 0.352 e. The summed E-state index contributed by atoms with van der Waals surface area (Å²) in [6, 6.07) is -0.0314. The zero-order valence-electron chi connectivity index (χ0n) is 12.6. The Kier molecular flexibility index (Phi) is 6.42. The third-order valence-electron chi connectivity index (χ3n) is 3.61. The van der Waals surface area contributed by atoms with Gasteiger partial charge in [0.15, 0.2) is 0 Å². The lowest BCUT2D eigenvalue weighted by atomic mass is 9.97. The fourth-order valence-electron chi connectivity index (χ4n) is 2.56. The van der Waals surface area contributed by atoms with Gasteiger partial charge in [0.2, 0.25) is 15.9 Å². The highest BCUT2D eigenvalue weighted by Crippen LogP contribution is 2.19. The Morgan fingerprint density at radius 1 is 1.45 bits per heavy atom. The second kappa shape index (κ2) is 7.38. The Morgan fingerprint density at radius 3 is 2.60 bits per heavy atom. The van der Waals surface area contributed by atoms with E-state index in [2.05, 4.69) is 19.2 Å². The van der Waals surface area contributed by atoms with Gasteiger partial charge in [-0.2, -0.15) is 0 Å². The van der Waals surface area contributed by atoms with E-state index in [1.807, 2.05) is 0 Å². The number of nitrogens with one attached hydrogen (secondary N) is 1. The number of piperidine rings is 1. The minimum Gasteiger partial charge on any atom is -0.352 e. The van der Waals surface area contributed by atoms with Crippen molar-refractivity contribution in [3.63, 3.8) is 0 Å². The predicted octanol–water partition coefficient (Wildman–Crippen LogP) is 0.148. The Labute approximate surface area is 122 Å². The van der Waals surface area contributed by atoms with E-state index < -0.39 is 10.0 Å². The topological polar surface area (TPSA) is 92.5 Å². The van der Waals surface area contributed by atoms with Crippen molar-refractivity contribution in [1.82, 2.24) is 9.62 Å². The molecule has 6 nitrogen and oxygen atoms in total. The zero-order chi connectivity index (χ0) is 15.3. The van der Waals surface area contributed by atoms with Gasteiger partial charge in [-0.15, -0.1) is 0 Å². The maximum atomic E-state index is 12.2. The lowest BCUT2D eigenvalue weighted by Gasteiger charge is -2.31. The molecule has 1 aliphatic rings. The molecule has 0 bridgehead atoms. The molecule has 1 amide bonds. The number of hydrogen-bond donors (Lipinski definition) is 2. The Bertz CT molecular complexity index is 423. The number of carbonyl (C=O) groups is 1. The van der Waals surface area contributed by atoms with Crippen molar-refractivity contribution in [3.05, 3.63) is 0 Å². The number of nitrogens with two attached hydrogens (primary N) is 1. The standard InChI is InChI=1S/C13H27N3O3S/c1-10(2)7-12(8-14)15-13(17)11-5-4-6-16(9-11)20(3,18)19/h10-12H,4-9,14H2,1-3H3,(H,15,17)/t11-,12?/m0/s1. The van der Waals surface area contributed by atoms with E-state index in [9.17, 15) is 13.2 Å². The number of amides is 1. The van der Waals surface area contributed by atoms with Crippen LogP contribution in [0.1, 0.15) is 33.1 Å². The summed E-state index contributed by atoms with van der Waals surface area (Å²) in [4.78, 5) is 12.2. The minimum atomic E-state index is -3.22. The van der Waals surface area contributed by atoms with Crippen molar-refractivity contribution >= 4 is 15.9 Å². The first-order chi connectivity index (χ1) is 9.24. The maximum absolute atomic E-state index is 12.2. The van der Waals surface area contributed by atoms with Crippen LogP contribution < -0.4 is 11.1 Å². The third-order valence-corrected chi connectivity index (χ3v) is 4.88. The first-order valence-corrected chi connectivity index (χ1v) is 9.04. The van der Waals surface area contributed by atoms with Gasteiger partial charge in [-0.1, -0.05) is 13.8 Å². The molecular weight excluding hydrogens is 278 g/mol. The zero-order valence-corrected chi connectivity index (χ0v) is 13.4. The second-order valence-corrected chi connectivity index (χ2v) is 8.01. The lowest BCUT2D eigenvalue weighted by molar-refractivity contribution is -0.126. The van der Waals surface area contributed by atoms with E-state index in [1.54, 1.807) is 0 Å². The number of nitrogens with zero attached hydrogens (tertiary/aromatic N) is 1. The number of carbonyl (C=O) groups excluding carboxylic acids is 1. The maximum Gasteiger partial charge on any atom is 0.224 e. The van der Waals surface area contributed by atoms with E-state index in [0.717, 1.165) is 19.3 Å². The molecule has 0 spiro atoms. The summed E-state index contributed by atoms with van der Waals surface area (Å²) in [5.74, 6) is 0.122. The van der Waals surface area contributed by atoms with Crippen molar-refractivity contribution in [2.45, 2.75) is 39.2 Å². The predicted molar refractivity (Wildman–Crippen MR) is 79.6 cm³/mol. The normalized spacial score (nSPS) is 22.8. The van der Waals surface area contributed by atoms with Gasteiger partial charge in [-0.3, -0.25) is 4.79 Å². The van der Waals surface area contributed by atoms with Crippen LogP contribution in [-0.2, 0) is 14.8 Å². The van der Waals surface area contributed by atoms with Gasteiger partial charge in [-0.25, -0.2) is 12.7 Å². The summed E-state index contributed by atoms with van der Waals surface area (Å²) >= 11 is 0. The summed E-state index contributed by atoms with van der Waals surface area (Å²) in [6.07, 6.45) is 3.49. The van der Waals surface area contributed by atoms with Crippen molar-refractivity contribution in [2.24, 2.45) is 17.6 Å². The average Bonchev–Trinajstić information content (AvgIpc) is 2.36. The molecule has 0 aromatic rings. The van der Waals surface area contributed by atoms with Gasteiger partial charge in [-0.05, 0) is 25.2 Å². The van der Waals surface area contributed by atoms with Crippen molar-refractivity contribution in [1.29, 1.82) is 0 Å². The number of sulfonamides is 1. The molecule has 118 valence electrons. The summed E-state index contributed by atoms with van der Waals surface area (Å²) < 4.78 is 24.5. The molecule has 0 radical (unpaired) electrons. The molecule has 1 aliphatic heterocycles. The lowest BCUT2D eigenvalue weighted by Crippen LogP contribution is -2.49. The van der Waals surface area contributed by atoms with E-state index in [0.29, 0.717) is 19.0 Å². The van der Waals surface area contributed by atoms with Crippen LogP contribution >= 0.6 is 0 Å². The molecule has 1 unspecified atom stereocenters. The molecular formula is C13H27N3O3S. The molecule has 20 heavy (non-hydrogen) atoms. The van der Waals surface area contributed by atoms with Gasteiger partial charge in [0.1, 0.15) is 0 Å². The molecule has 0 saturated carbocycles. The van der Waals surface area contributed by atoms with Crippen molar-refractivity contribution < 1.29 is 13.2 Å². The SMILES string of the molecule is CC(C)CC(CN)NC(=O)[C@H]1CCCN(S(C)(=O)=O)C1. The van der Waals surface area contributed by atoms with Crippen molar-refractivity contribution in [2.75, 3.05) is 25.9 Å². The Morgan fingerprint density at radius 2 is 2.10 bits per heavy atom. The Hall–Kier alpha value is -0.660. The van der Waals surface area contributed by atoms with Crippen LogP contribution in [-0.4, -0.2) is 50.6 Å². The van der Waals surface area contributed by atoms with Gasteiger partial charge >= 0.3 is 0 Å². The van der Waals surface area contributed by atoms with E-state index >= 15 is 0 Å². The van der Waals surface area contributed by atoms with Crippen molar-refractivity contribution in [3.8, 4) is 0 Å². The van der Waals surface area contributed by atoms with Crippen LogP contribution in [0.5, 0.6) is 0 Å². The van der Waals surface area contributed by atoms with Crippen LogP contribution in [0.15, 0.2) is 0 Å². The molecule has 0 aromatic carbocycles. The molecule has 0 aliphatic carbocycles. The third kappa shape index (κ3) is 5.38. The van der Waals surface area contributed by atoms with Gasteiger partial charge < -0.3 is 11.1 Å². The number of rotatable bonds is 6. The van der Waals surface area contributed by atoms with E-state index in [-0.39, 0.29) is 24.4 Å². The highest BCUT2D eigenvalue weighted by molar-refractivity contribution is 7.88. The molecule has 1 rings (SSSR count). The highest BCUT2D eigenvalue weighted by Gasteiger charge is 2.30. The molecule has 2 atom stereocenters. The van der Waals surface area contributed by atoms with E-state index in [4.69, 9.17) is 5.73 Å². The molecule has 1 fully saturated rings. The second-order valence-electron chi connectivity index (χ2n) is 6.03. The summed E-state index contributed by atoms with van der Waals surface area (Å²) in [6.45, 7) is 5.37. The smallest absolute Gasteiger partial charge is 0.224 e. The molecule has 3 N–H and O–H groups in total. The van der Waals surface area contributed by atoms with Crippen LogP contribution in [0.25, 0.3) is 0 Å². The molecule has 1 heterocycles. The van der Waals surface area contributed by atoms with Crippen LogP contribution in [0.2, 0.25) is 0 Å². The van der Waals surface area contributed by atoms with Crippen LogP contribution in [0.3, 0.4) is 0 Å². The first-order valence-electron chi connectivity index (χ1n) is 7.19. The summed E-state index contributed by atoms with van der Waals surface area (Å²) in [7, 11) is -3.22. The fourth-order valence-corrected chi connectivity index (χ4v) is 3.47. The molecule has 0 aromatic heterocycles. The fraction of sp³-hybridized carbons (Fsp3) is 0.923. The minimum absolute atomic E-state index is 0.0314. The summed E-state index contributed by atoms with van der Waals surface area (Å²) in [5, 5.41) is 2.95. The van der Waals surface area contributed by atoms with E-state index in [1.165, 1.54) is 10.6 Å². The quantitative estimate of drug-likeness (QED) is 0.730. The highest BCUT2D eigenvalue weighted by atomic mass is 32.2. The van der Waals surface area contributed by atoms with Crippen LogP contribution in [0.4, 0.5) is 0 Å². The van der Waals surface area contributed by atoms with Gasteiger partial charge in [0.05, 0.1) is 12.2 Å². The molecule has 7 heteroatoms. The molecule has 1 saturated heterocycles. The van der Waals surface area contributed by atoms with Gasteiger partial charge in [0, 0.05) is 25.7 Å². The monoisotopic (exact) mass is 305 g/mol. The summed E-state index contributed by atoms with van der Waals surface area (Å²) in [5.41, 5.74) is 5.67. The first kappa shape index (κ1) is 17.4. The van der Waals surface area contributed by atoms with Gasteiger partial charge in [0.25, 0.3) is 0 Å². The van der Waals surface area contributed by atoms with Crippen LogP contribution in [0, 0.1) is 11.8 Å². The Balaban J connectivity index is 2.58. The average molecular weight is 305 g/mol. The number of hydrogen-bond acceptors (Lipinski definition) is 4.